The molecule has 0 N–H and O–H groups in total. The average molecular weight is 304 g/mol. The van der Waals surface area contributed by atoms with Crippen molar-refractivity contribution in [3.8, 4) is 0 Å². The normalized spacial score (nSPS) is 11.4. The molecule has 0 aliphatic heterocycles. The number of hydrogen-bond acceptors (Lipinski definition) is 2. The Kier molecular flexibility index (Phi) is 3.76. The van der Waals surface area contributed by atoms with Gasteiger partial charge in [-0.15, -0.1) is 0 Å². The van der Waals surface area contributed by atoms with Gasteiger partial charge < -0.3 is 0 Å². The number of rotatable bonds is 2. The first-order valence-corrected chi connectivity index (χ1v) is 5.70. The first-order chi connectivity index (χ1) is 9.29. The summed E-state index contributed by atoms with van der Waals surface area (Å²) in [4.78, 5) is 15.3. The predicted molar refractivity (Wildman–Crippen MR) is 64.1 cm³/mol. The summed E-state index contributed by atoms with van der Waals surface area (Å²) in [7, 11) is 0. The van der Waals surface area contributed by atoms with Gasteiger partial charge in [-0.05, 0) is 30.3 Å². The fourth-order valence-electron chi connectivity index (χ4n) is 1.51. The molecule has 104 valence electrons. The zero-order valence-corrected chi connectivity index (χ0v) is 10.5. The van der Waals surface area contributed by atoms with Gasteiger partial charge in [0.1, 0.15) is 11.5 Å². The molecule has 1 heterocycles. The van der Waals surface area contributed by atoms with E-state index in [1.807, 2.05) is 0 Å². The van der Waals surface area contributed by atoms with Crippen LogP contribution in [0, 0.1) is 5.82 Å². The quantitative estimate of drug-likeness (QED) is 0.617. The van der Waals surface area contributed by atoms with E-state index < -0.39 is 23.3 Å². The minimum atomic E-state index is -4.54. The standard InChI is InChI=1S/C13H6ClF4NO/c14-8-2-3-9(10(15)5-8)12(20)11-4-1-7(6-19-11)13(16,17)18/h1-6H. The van der Waals surface area contributed by atoms with Gasteiger partial charge in [0, 0.05) is 11.2 Å². The predicted octanol–water partition coefficient (Wildman–Crippen LogP) is 4.12. The number of benzene rings is 1. The Labute approximate surface area is 116 Å². The van der Waals surface area contributed by atoms with E-state index in [0.717, 1.165) is 18.2 Å². The fraction of sp³-hybridized carbons (Fsp3) is 0.0769. The topological polar surface area (TPSA) is 30.0 Å². The summed E-state index contributed by atoms with van der Waals surface area (Å²) in [6, 6.07) is 5.02. The van der Waals surface area contributed by atoms with Crippen LogP contribution in [0.5, 0.6) is 0 Å². The molecule has 0 unspecified atom stereocenters. The van der Waals surface area contributed by atoms with E-state index in [1.54, 1.807) is 0 Å². The molecule has 0 amide bonds. The smallest absolute Gasteiger partial charge is 0.287 e. The number of hydrogen-bond donors (Lipinski definition) is 0. The first kappa shape index (κ1) is 14.5. The van der Waals surface area contributed by atoms with Gasteiger partial charge in [0.2, 0.25) is 5.78 Å². The van der Waals surface area contributed by atoms with Crippen LogP contribution in [0.1, 0.15) is 21.6 Å². The van der Waals surface area contributed by atoms with Crippen LogP contribution in [0.2, 0.25) is 5.02 Å². The summed E-state index contributed by atoms with van der Waals surface area (Å²) in [6.07, 6.45) is -4.01. The lowest BCUT2D eigenvalue weighted by molar-refractivity contribution is -0.137. The highest BCUT2D eigenvalue weighted by Gasteiger charge is 2.31. The average Bonchev–Trinajstić information content (AvgIpc) is 2.37. The van der Waals surface area contributed by atoms with Crippen molar-refractivity contribution in [1.82, 2.24) is 4.98 Å². The molecule has 2 aromatic rings. The summed E-state index contributed by atoms with van der Waals surface area (Å²) in [5.74, 6) is -1.67. The van der Waals surface area contributed by atoms with Gasteiger partial charge >= 0.3 is 6.18 Å². The van der Waals surface area contributed by atoms with Gasteiger partial charge in [0.05, 0.1) is 11.1 Å². The second-order valence-electron chi connectivity index (χ2n) is 3.88. The van der Waals surface area contributed by atoms with Crippen molar-refractivity contribution in [2.24, 2.45) is 0 Å². The molecule has 2 rings (SSSR count). The van der Waals surface area contributed by atoms with Crippen LogP contribution in [0.15, 0.2) is 36.5 Å². The van der Waals surface area contributed by atoms with Gasteiger partial charge in [0.25, 0.3) is 0 Å². The zero-order valence-electron chi connectivity index (χ0n) is 9.71. The fourth-order valence-corrected chi connectivity index (χ4v) is 1.67. The highest BCUT2D eigenvalue weighted by atomic mass is 35.5. The van der Waals surface area contributed by atoms with Crippen molar-refractivity contribution in [1.29, 1.82) is 0 Å². The number of carbonyl (C=O) groups is 1. The zero-order chi connectivity index (χ0) is 14.9. The van der Waals surface area contributed by atoms with Crippen LogP contribution in [0.25, 0.3) is 0 Å². The number of carbonyl (C=O) groups excluding carboxylic acids is 1. The van der Waals surface area contributed by atoms with Gasteiger partial charge in [-0.2, -0.15) is 13.2 Å². The van der Waals surface area contributed by atoms with Crippen molar-refractivity contribution < 1.29 is 22.4 Å². The maximum absolute atomic E-state index is 13.5. The van der Waals surface area contributed by atoms with Crippen molar-refractivity contribution in [2.45, 2.75) is 6.18 Å². The van der Waals surface area contributed by atoms with E-state index in [1.165, 1.54) is 6.07 Å². The van der Waals surface area contributed by atoms with Crippen LogP contribution >= 0.6 is 11.6 Å². The molecule has 0 radical (unpaired) electrons. The van der Waals surface area contributed by atoms with Gasteiger partial charge in [-0.3, -0.25) is 9.78 Å². The van der Waals surface area contributed by atoms with Crippen molar-refractivity contribution in [3.63, 3.8) is 0 Å². The minimum absolute atomic E-state index is 0.111. The van der Waals surface area contributed by atoms with Crippen molar-refractivity contribution in [2.75, 3.05) is 0 Å². The largest absolute Gasteiger partial charge is 0.417 e. The van der Waals surface area contributed by atoms with Crippen LogP contribution < -0.4 is 0 Å². The van der Waals surface area contributed by atoms with Crippen LogP contribution in [-0.2, 0) is 6.18 Å². The second kappa shape index (κ2) is 5.20. The van der Waals surface area contributed by atoms with Crippen molar-refractivity contribution >= 4 is 17.4 Å². The number of alkyl halides is 3. The Morgan fingerprint density at radius 1 is 1.15 bits per heavy atom. The van der Waals surface area contributed by atoms with Gasteiger partial charge in [-0.1, -0.05) is 11.6 Å². The molecule has 0 spiro atoms. The highest BCUT2D eigenvalue weighted by molar-refractivity contribution is 6.30. The Hall–Kier alpha value is -1.95. The molecule has 2 nitrogen and oxygen atoms in total. The molecule has 7 heteroatoms. The Bertz CT molecular complexity index is 652. The van der Waals surface area contributed by atoms with Gasteiger partial charge in [0.15, 0.2) is 0 Å². The molecular weight excluding hydrogens is 298 g/mol. The molecule has 0 saturated heterocycles. The Morgan fingerprint density at radius 3 is 2.35 bits per heavy atom. The molecule has 0 bridgehead atoms. The number of pyridine rings is 1. The number of aromatic nitrogens is 1. The SMILES string of the molecule is O=C(c1ccc(C(F)(F)F)cn1)c1ccc(Cl)cc1F. The molecule has 1 aromatic carbocycles. The van der Waals surface area contributed by atoms with Crippen LogP contribution in [0.4, 0.5) is 17.6 Å². The maximum atomic E-state index is 13.5. The highest BCUT2D eigenvalue weighted by Crippen LogP contribution is 2.28. The van der Waals surface area contributed by atoms with E-state index in [-0.39, 0.29) is 16.3 Å². The van der Waals surface area contributed by atoms with E-state index in [4.69, 9.17) is 11.6 Å². The third kappa shape index (κ3) is 2.96. The van der Waals surface area contributed by atoms with E-state index in [2.05, 4.69) is 4.98 Å². The molecule has 0 saturated carbocycles. The maximum Gasteiger partial charge on any atom is 0.417 e. The van der Waals surface area contributed by atoms with Crippen molar-refractivity contribution in [3.05, 3.63) is 64.2 Å². The third-order valence-corrected chi connectivity index (χ3v) is 2.73. The number of ketones is 1. The minimum Gasteiger partial charge on any atom is -0.287 e. The third-order valence-electron chi connectivity index (χ3n) is 2.50. The molecule has 0 aliphatic carbocycles. The lowest BCUT2D eigenvalue weighted by Crippen LogP contribution is -2.10. The summed E-state index contributed by atoms with van der Waals surface area (Å²) in [5.41, 5.74) is -1.56. The molecule has 0 atom stereocenters. The molecule has 0 fully saturated rings. The molecular formula is C13H6ClF4NO. The summed E-state index contributed by atoms with van der Waals surface area (Å²) >= 11 is 5.55. The second-order valence-corrected chi connectivity index (χ2v) is 4.32. The van der Waals surface area contributed by atoms with E-state index >= 15 is 0 Å². The van der Waals surface area contributed by atoms with Crippen LogP contribution in [0.3, 0.4) is 0 Å². The summed E-state index contributed by atoms with van der Waals surface area (Å²) < 4.78 is 50.6. The molecule has 20 heavy (non-hydrogen) atoms. The summed E-state index contributed by atoms with van der Waals surface area (Å²) in [6.45, 7) is 0. The first-order valence-electron chi connectivity index (χ1n) is 5.32. The molecule has 0 aliphatic rings. The lowest BCUT2D eigenvalue weighted by atomic mass is 10.1. The molecule has 1 aromatic heterocycles. The monoisotopic (exact) mass is 303 g/mol. The lowest BCUT2D eigenvalue weighted by Gasteiger charge is -2.07. The number of halogens is 5. The Morgan fingerprint density at radius 2 is 1.85 bits per heavy atom. The van der Waals surface area contributed by atoms with Gasteiger partial charge in [-0.25, -0.2) is 4.39 Å². The van der Waals surface area contributed by atoms with E-state index in [0.29, 0.717) is 12.3 Å². The summed E-state index contributed by atoms with van der Waals surface area (Å²) in [5, 5.41) is 0.111. The Balaban J connectivity index is 2.34. The van der Waals surface area contributed by atoms with Crippen LogP contribution in [-0.4, -0.2) is 10.8 Å². The van der Waals surface area contributed by atoms with E-state index in [9.17, 15) is 22.4 Å². The number of nitrogens with zero attached hydrogens (tertiary/aromatic N) is 1.